The summed E-state index contributed by atoms with van der Waals surface area (Å²) in [5.41, 5.74) is -1.49. The van der Waals surface area contributed by atoms with Crippen molar-refractivity contribution < 1.29 is 22.7 Å². The lowest BCUT2D eigenvalue weighted by atomic mass is 9.80. The van der Waals surface area contributed by atoms with Crippen molar-refractivity contribution in [1.29, 1.82) is 5.26 Å². The smallest absolute Gasteiger partial charge is 0.378 e. The van der Waals surface area contributed by atoms with Gasteiger partial charge in [0.15, 0.2) is 5.78 Å². The van der Waals surface area contributed by atoms with Gasteiger partial charge in [-0.05, 0) is 32.0 Å². The number of nitrogens with zero attached hydrogens (tertiary/aromatic N) is 2. The Hall–Kier alpha value is -1.91. The minimum Gasteiger partial charge on any atom is -0.378 e. The molecule has 2 fully saturated rings. The molecule has 2 unspecified atom stereocenters. The van der Waals surface area contributed by atoms with Crippen LogP contribution < -0.4 is 0 Å². The molecule has 2 aliphatic rings. The Balaban J connectivity index is 1.87. The van der Waals surface area contributed by atoms with E-state index < -0.39 is 17.3 Å². The van der Waals surface area contributed by atoms with Crippen molar-refractivity contribution in [2.24, 2.45) is 5.92 Å². The third kappa shape index (κ3) is 3.04. The summed E-state index contributed by atoms with van der Waals surface area (Å²) >= 11 is 0. The highest BCUT2D eigenvalue weighted by Gasteiger charge is 2.40. The standard InChI is InChI=1S/C17H17F3N2O2/c1-22-13-4-12(5-14(22)9-24-8-13)16(23)10-2-3-11(7-21)15(6-10)17(18,19)20/h2-3,6,12-14H,4-5,8-9H2,1H3. The van der Waals surface area contributed by atoms with E-state index in [9.17, 15) is 18.0 Å². The largest absolute Gasteiger partial charge is 0.417 e. The van der Waals surface area contributed by atoms with Crippen molar-refractivity contribution in [1.82, 2.24) is 4.90 Å². The molecule has 0 saturated carbocycles. The fourth-order valence-electron chi connectivity index (χ4n) is 3.57. The van der Waals surface area contributed by atoms with Gasteiger partial charge in [0.2, 0.25) is 0 Å². The van der Waals surface area contributed by atoms with Gasteiger partial charge in [-0.25, -0.2) is 0 Å². The second-order valence-electron chi connectivity index (χ2n) is 6.41. The van der Waals surface area contributed by atoms with Gasteiger partial charge in [-0.15, -0.1) is 0 Å². The van der Waals surface area contributed by atoms with Gasteiger partial charge < -0.3 is 4.74 Å². The highest BCUT2D eigenvalue weighted by Crippen LogP contribution is 2.35. The van der Waals surface area contributed by atoms with Crippen molar-refractivity contribution in [2.45, 2.75) is 31.1 Å². The second kappa shape index (κ2) is 6.19. The molecule has 2 saturated heterocycles. The van der Waals surface area contributed by atoms with Crippen molar-refractivity contribution in [2.75, 3.05) is 20.3 Å². The van der Waals surface area contributed by atoms with Gasteiger partial charge in [-0.3, -0.25) is 9.69 Å². The summed E-state index contributed by atoms with van der Waals surface area (Å²) in [5, 5.41) is 8.84. The van der Waals surface area contributed by atoms with E-state index in [1.165, 1.54) is 12.1 Å². The zero-order valence-electron chi connectivity index (χ0n) is 13.1. The summed E-state index contributed by atoms with van der Waals surface area (Å²) in [6.45, 7) is 1.08. The third-order valence-corrected chi connectivity index (χ3v) is 4.99. The van der Waals surface area contributed by atoms with Crippen LogP contribution in [0, 0.1) is 17.2 Å². The van der Waals surface area contributed by atoms with E-state index in [2.05, 4.69) is 4.90 Å². The molecule has 128 valence electrons. The molecule has 0 spiro atoms. The fourth-order valence-corrected chi connectivity index (χ4v) is 3.57. The second-order valence-corrected chi connectivity index (χ2v) is 6.41. The Morgan fingerprint density at radius 1 is 1.29 bits per heavy atom. The molecule has 0 radical (unpaired) electrons. The van der Waals surface area contributed by atoms with Crippen molar-refractivity contribution in [3.8, 4) is 6.07 Å². The molecule has 7 heteroatoms. The molecule has 2 aliphatic heterocycles. The first-order valence-corrected chi connectivity index (χ1v) is 7.76. The van der Waals surface area contributed by atoms with Crippen LogP contribution in [-0.4, -0.2) is 43.0 Å². The summed E-state index contributed by atoms with van der Waals surface area (Å²) < 4.78 is 44.7. The van der Waals surface area contributed by atoms with E-state index in [1.807, 2.05) is 7.05 Å². The first kappa shape index (κ1) is 16.9. The third-order valence-electron chi connectivity index (χ3n) is 4.99. The van der Waals surface area contributed by atoms with E-state index >= 15 is 0 Å². The van der Waals surface area contributed by atoms with Crippen molar-refractivity contribution >= 4 is 5.78 Å². The number of benzene rings is 1. The summed E-state index contributed by atoms with van der Waals surface area (Å²) in [4.78, 5) is 14.9. The van der Waals surface area contributed by atoms with E-state index in [0.29, 0.717) is 26.1 Å². The van der Waals surface area contributed by atoms with Gasteiger partial charge >= 0.3 is 6.18 Å². The number of nitriles is 1. The van der Waals surface area contributed by atoms with E-state index in [4.69, 9.17) is 10.00 Å². The fraction of sp³-hybridized carbons (Fsp3) is 0.529. The molecular weight excluding hydrogens is 321 g/mol. The van der Waals surface area contributed by atoms with Crippen LogP contribution in [0.15, 0.2) is 18.2 Å². The SMILES string of the molecule is CN1C2COCC1CC(C(=O)c1ccc(C#N)c(C(F)(F)F)c1)C2. The molecule has 0 aliphatic carbocycles. The predicted octanol–water partition coefficient (Wildman–Crippen LogP) is 2.87. The Kier molecular flexibility index (Phi) is 4.37. The molecule has 0 N–H and O–H groups in total. The Morgan fingerprint density at radius 3 is 2.46 bits per heavy atom. The number of fused-ring (bicyclic) bond motifs is 2. The average Bonchev–Trinajstić information content (AvgIpc) is 2.52. The maximum Gasteiger partial charge on any atom is 0.417 e. The first-order valence-electron chi connectivity index (χ1n) is 7.76. The van der Waals surface area contributed by atoms with E-state index in [-0.39, 0.29) is 29.3 Å². The van der Waals surface area contributed by atoms with Gasteiger partial charge in [0.05, 0.1) is 30.4 Å². The molecule has 1 aromatic rings. The number of morpholine rings is 1. The molecule has 0 aromatic heterocycles. The number of alkyl halides is 3. The Labute approximate surface area is 137 Å². The summed E-state index contributed by atoms with van der Waals surface area (Å²) in [7, 11) is 1.99. The number of rotatable bonds is 2. The molecule has 0 amide bonds. The quantitative estimate of drug-likeness (QED) is 0.778. The van der Waals surface area contributed by atoms with E-state index in [1.54, 1.807) is 0 Å². The number of ether oxygens (including phenoxy) is 1. The maximum atomic E-state index is 13.1. The van der Waals surface area contributed by atoms with Crippen molar-refractivity contribution in [3.05, 3.63) is 34.9 Å². The van der Waals surface area contributed by atoms with Crippen LogP contribution in [0.25, 0.3) is 0 Å². The number of halogens is 3. The van der Waals surface area contributed by atoms with Crippen LogP contribution in [0.4, 0.5) is 13.2 Å². The van der Waals surface area contributed by atoms with Gasteiger partial charge in [-0.1, -0.05) is 6.07 Å². The molecule has 2 bridgehead atoms. The van der Waals surface area contributed by atoms with Gasteiger partial charge in [0.1, 0.15) is 0 Å². The number of piperidine rings is 1. The molecular formula is C17H17F3N2O2. The predicted molar refractivity (Wildman–Crippen MR) is 79.4 cm³/mol. The van der Waals surface area contributed by atoms with Crippen LogP contribution in [0.5, 0.6) is 0 Å². The Bertz CT molecular complexity index is 682. The van der Waals surface area contributed by atoms with Crippen LogP contribution in [-0.2, 0) is 10.9 Å². The number of hydrogen-bond donors (Lipinski definition) is 0. The zero-order valence-corrected chi connectivity index (χ0v) is 13.1. The number of hydrogen-bond acceptors (Lipinski definition) is 4. The number of likely N-dealkylation sites (N-methyl/N-ethyl adjacent to an activating group) is 1. The molecule has 2 heterocycles. The monoisotopic (exact) mass is 338 g/mol. The van der Waals surface area contributed by atoms with Gasteiger partial charge in [0.25, 0.3) is 0 Å². The maximum absolute atomic E-state index is 13.1. The summed E-state index contributed by atoms with van der Waals surface area (Å²) in [5.74, 6) is -0.593. The lowest BCUT2D eigenvalue weighted by Gasteiger charge is -2.46. The van der Waals surface area contributed by atoms with Crippen molar-refractivity contribution in [3.63, 3.8) is 0 Å². The minimum absolute atomic E-state index is 0.0230. The van der Waals surface area contributed by atoms with Crippen LogP contribution in [0.1, 0.15) is 34.3 Å². The number of carbonyl (C=O) groups is 1. The lowest BCUT2D eigenvalue weighted by Crippen LogP contribution is -2.55. The number of Topliss-reactive ketones (excluding diaryl/α,β-unsaturated/α-hetero) is 1. The van der Waals surface area contributed by atoms with Gasteiger partial charge in [-0.2, -0.15) is 18.4 Å². The molecule has 24 heavy (non-hydrogen) atoms. The van der Waals surface area contributed by atoms with Crippen LogP contribution in [0.3, 0.4) is 0 Å². The zero-order chi connectivity index (χ0) is 17.5. The number of ketones is 1. The average molecular weight is 338 g/mol. The van der Waals surface area contributed by atoms with E-state index in [0.717, 1.165) is 12.1 Å². The normalized spacial score (nSPS) is 27.5. The highest BCUT2D eigenvalue weighted by molar-refractivity contribution is 5.98. The molecule has 4 nitrogen and oxygen atoms in total. The molecule has 3 rings (SSSR count). The minimum atomic E-state index is -4.65. The summed E-state index contributed by atoms with van der Waals surface area (Å²) in [6, 6.07) is 4.98. The van der Waals surface area contributed by atoms with Gasteiger partial charge in [0, 0.05) is 23.6 Å². The first-order chi connectivity index (χ1) is 11.3. The summed E-state index contributed by atoms with van der Waals surface area (Å²) in [6.07, 6.45) is -3.50. The number of carbonyl (C=O) groups excluding carboxylic acids is 1. The highest BCUT2D eigenvalue weighted by atomic mass is 19.4. The topological polar surface area (TPSA) is 53.3 Å². The Morgan fingerprint density at radius 2 is 1.92 bits per heavy atom. The molecule has 1 aromatic carbocycles. The van der Waals surface area contributed by atoms with Crippen LogP contribution in [0.2, 0.25) is 0 Å². The molecule has 2 atom stereocenters. The van der Waals surface area contributed by atoms with Crippen LogP contribution >= 0.6 is 0 Å². The lowest BCUT2D eigenvalue weighted by molar-refractivity contribution is -0.137.